The van der Waals surface area contributed by atoms with Gasteiger partial charge in [-0.3, -0.25) is 4.90 Å². The smallest absolute Gasteiger partial charge is 0.125 e. The van der Waals surface area contributed by atoms with E-state index in [1.165, 1.54) is 56.4 Å². The molecular weight excluding hydrogens is 317 g/mol. The molecule has 136 valence electrons. The summed E-state index contributed by atoms with van der Waals surface area (Å²) < 4.78 is 18.8. The van der Waals surface area contributed by atoms with Gasteiger partial charge in [-0.05, 0) is 75.1 Å². The summed E-state index contributed by atoms with van der Waals surface area (Å²) in [7, 11) is 0. The summed E-state index contributed by atoms with van der Waals surface area (Å²) in [4.78, 5) is 8.36. The molecule has 2 saturated heterocycles. The molecule has 0 bridgehead atoms. The van der Waals surface area contributed by atoms with Crippen LogP contribution in [0, 0.1) is 5.82 Å². The predicted molar refractivity (Wildman–Crippen MR) is 98.5 cm³/mol. The number of H-pyrrole nitrogens is 1. The first kappa shape index (κ1) is 17.0. The molecule has 0 unspecified atom stereocenters. The molecule has 0 saturated carbocycles. The van der Waals surface area contributed by atoms with Crippen LogP contribution in [0.3, 0.4) is 0 Å². The Bertz CT molecular complexity index is 687. The molecule has 0 aliphatic carbocycles. The van der Waals surface area contributed by atoms with Gasteiger partial charge in [0.2, 0.25) is 0 Å². The zero-order chi connectivity index (χ0) is 17.1. The SMILES string of the molecule is Fc1ccc2c(C3CCN(CCCN4CCOCC4)CC3)c[nH]c2c1. The number of nitrogens with zero attached hydrogens (tertiary/aromatic N) is 2. The summed E-state index contributed by atoms with van der Waals surface area (Å²) in [5.74, 6) is 0.422. The molecule has 0 amide bonds. The van der Waals surface area contributed by atoms with Gasteiger partial charge in [0.1, 0.15) is 5.82 Å². The minimum absolute atomic E-state index is 0.170. The van der Waals surface area contributed by atoms with Crippen LogP contribution in [0.25, 0.3) is 10.9 Å². The summed E-state index contributed by atoms with van der Waals surface area (Å²) in [5, 5.41) is 1.19. The molecular formula is C20H28FN3O. The van der Waals surface area contributed by atoms with Gasteiger partial charge in [-0.2, -0.15) is 0 Å². The number of morpholine rings is 1. The van der Waals surface area contributed by atoms with Crippen molar-refractivity contribution in [3.05, 3.63) is 35.8 Å². The maximum atomic E-state index is 13.4. The van der Waals surface area contributed by atoms with Crippen molar-refractivity contribution >= 4 is 10.9 Å². The van der Waals surface area contributed by atoms with Gasteiger partial charge in [0.25, 0.3) is 0 Å². The number of hydrogen-bond donors (Lipinski definition) is 1. The highest BCUT2D eigenvalue weighted by molar-refractivity contribution is 5.83. The van der Waals surface area contributed by atoms with E-state index in [4.69, 9.17) is 4.74 Å². The molecule has 1 aromatic heterocycles. The number of likely N-dealkylation sites (tertiary alicyclic amines) is 1. The number of piperidine rings is 1. The van der Waals surface area contributed by atoms with E-state index in [0.29, 0.717) is 5.92 Å². The Morgan fingerprint density at radius 2 is 1.76 bits per heavy atom. The van der Waals surface area contributed by atoms with Crippen LogP contribution >= 0.6 is 0 Å². The topological polar surface area (TPSA) is 31.5 Å². The lowest BCUT2D eigenvalue weighted by atomic mass is 9.89. The number of halogens is 1. The van der Waals surface area contributed by atoms with Crippen LogP contribution in [0.4, 0.5) is 4.39 Å². The van der Waals surface area contributed by atoms with Gasteiger partial charge in [-0.1, -0.05) is 0 Å². The van der Waals surface area contributed by atoms with Crippen molar-refractivity contribution < 1.29 is 9.13 Å². The highest BCUT2D eigenvalue weighted by Crippen LogP contribution is 2.33. The lowest BCUT2D eigenvalue weighted by Gasteiger charge is -2.33. The second-order valence-electron chi connectivity index (χ2n) is 7.36. The third-order valence-electron chi connectivity index (χ3n) is 5.76. The molecule has 0 radical (unpaired) electrons. The van der Waals surface area contributed by atoms with Crippen LogP contribution in [0.15, 0.2) is 24.4 Å². The van der Waals surface area contributed by atoms with Crippen LogP contribution in [-0.2, 0) is 4.74 Å². The van der Waals surface area contributed by atoms with Gasteiger partial charge in [-0.15, -0.1) is 0 Å². The fourth-order valence-corrected chi connectivity index (χ4v) is 4.27. The maximum absolute atomic E-state index is 13.4. The Kier molecular flexibility index (Phi) is 5.34. The van der Waals surface area contributed by atoms with E-state index in [9.17, 15) is 4.39 Å². The maximum Gasteiger partial charge on any atom is 0.125 e. The molecule has 4 rings (SSSR count). The van der Waals surface area contributed by atoms with Crippen LogP contribution in [0.2, 0.25) is 0 Å². The first-order valence-corrected chi connectivity index (χ1v) is 9.58. The van der Waals surface area contributed by atoms with Crippen molar-refractivity contribution in [2.75, 3.05) is 52.5 Å². The third-order valence-corrected chi connectivity index (χ3v) is 5.76. The van der Waals surface area contributed by atoms with E-state index in [2.05, 4.69) is 21.0 Å². The normalized spacial score (nSPS) is 21.2. The molecule has 2 fully saturated rings. The van der Waals surface area contributed by atoms with Crippen molar-refractivity contribution in [3.63, 3.8) is 0 Å². The van der Waals surface area contributed by atoms with Gasteiger partial charge in [0, 0.05) is 30.2 Å². The van der Waals surface area contributed by atoms with Gasteiger partial charge in [0.05, 0.1) is 13.2 Å². The Labute approximate surface area is 148 Å². The molecule has 1 aromatic carbocycles. The first-order valence-electron chi connectivity index (χ1n) is 9.58. The van der Waals surface area contributed by atoms with E-state index >= 15 is 0 Å². The van der Waals surface area contributed by atoms with Gasteiger partial charge in [-0.25, -0.2) is 4.39 Å². The lowest BCUT2D eigenvalue weighted by Crippen LogP contribution is -2.39. The van der Waals surface area contributed by atoms with E-state index in [1.807, 2.05) is 6.07 Å². The van der Waals surface area contributed by atoms with E-state index < -0.39 is 0 Å². The molecule has 0 spiro atoms. The summed E-state index contributed by atoms with van der Waals surface area (Å²) in [6.07, 6.45) is 5.73. The number of benzene rings is 1. The molecule has 2 aromatic rings. The van der Waals surface area contributed by atoms with Crippen LogP contribution in [0.5, 0.6) is 0 Å². The zero-order valence-electron chi connectivity index (χ0n) is 14.8. The Hall–Kier alpha value is -1.43. The van der Waals surface area contributed by atoms with Gasteiger partial charge in [0.15, 0.2) is 0 Å². The van der Waals surface area contributed by atoms with Crippen molar-refractivity contribution in [1.82, 2.24) is 14.8 Å². The minimum Gasteiger partial charge on any atom is -0.379 e. The fourth-order valence-electron chi connectivity index (χ4n) is 4.27. The average molecular weight is 345 g/mol. The number of aromatic nitrogens is 1. The summed E-state index contributed by atoms with van der Waals surface area (Å²) in [6.45, 7) is 8.68. The molecule has 0 atom stereocenters. The zero-order valence-corrected chi connectivity index (χ0v) is 14.8. The highest BCUT2D eigenvalue weighted by atomic mass is 19.1. The average Bonchev–Trinajstić information content (AvgIpc) is 3.06. The number of fused-ring (bicyclic) bond motifs is 1. The summed E-state index contributed by atoms with van der Waals surface area (Å²) >= 11 is 0. The van der Waals surface area contributed by atoms with Crippen LogP contribution < -0.4 is 0 Å². The summed E-state index contributed by atoms with van der Waals surface area (Å²) in [5.41, 5.74) is 2.28. The fraction of sp³-hybridized carbons (Fsp3) is 0.600. The van der Waals surface area contributed by atoms with Crippen molar-refractivity contribution in [2.45, 2.75) is 25.2 Å². The second-order valence-corrected chi connectivity index (χ2v) is 7.36. The van der Waals surface area contributed by atoms with E-state index in [1.54, 1.807) is 12.1 Å². The highest BCUT2D eigenvalue weighted by Gasteiger charge is 2.22. The number of aromatic amines is 1. The van der Waals surface area contributed by atoms with Crippen molar-refractivity contribution in [2.24, 2.45) is 0 Å². The standard InChI is InChI=1S/C20H28FN3O/c21-17-2-3-18-19(15-22-20(18)14-17)16-4-8-23(9-5-16)6-1-7-24-10-12-25-13-11-24/h2-3,14-16,22H,1,4-13H2. The van der Waals surface area contributed by atoms with Gasteiger partial charge < -0.3 is 14.6 Å². The Morgan fingerprint density at radius 1 is 1.04 bits per heavy atom. The largest absolute Gasteiger partial charge is 0.379 e. The second kappa shape index (κ2) is 7.85. The molecule has 3 heterocycles. The van der Waals surface area contributed by atoms with Crippen LogP contribution in [-0.4, -0.2) is 67.3 Å². The Balaban J connectivity index is 1.26. The quantitative estimate of drug-likeness (QED) is 0.903. The van der Waals surface area contributed by atoms with E-state index in [0.717, 1.165) is 31.8 Å². The minimum atomic E-state index is -0.170. The van der Waals surface area contributed by atoms with Crippen LogP contribution in [0.1, 0.15) is 30.7 Å². The predicted octanol–water partition coefficient (Wildman–Crippen LogP) is 3.21. The third kappa shape index (κ3) is 4.05. The molecule has 4 nitrogen and oxygen atoms in total. The van der Waals surface area contributed by atoms with Gasteiger partial charge >= 0.3 is 0 Å². The molecule has 2 aliphatic heterocycles. The monoisotopic (exact) mass is 345 g/mol. The van der Waals surface area contributed by atoms with Crippen molar-refractivity contribution in [1.29, 1.82) is 0 Å². The molecule has 2 aliphatic rings. The molecule has 25 heavy (non-hydrogen) atoms. The Morgan fingerprint density at radius 3 is 2.52 bits per heavy atom. The number of rotatable bonds is 5. The number of hydrogen-bond acceptors (Lipinski definition) is 3. The molecule has 1 N–H and O–H groups in total. The number of ether oxygens (including phenoxy) is 1. The molecule has 5 heteroatoms. The first-order chi connectivity index (χ1) is 12.3. The lowest BCUT2D eigenvalue weighted by molar-refractivity contribution is 0.0357. The number of nitrogens with one attached hydrogen (secondary N) is 1. The van der Waals surface area contributed by atoms with Crippen molar-refractivity contribution in [3.8, 4) is 0 Å². The summed E-state index contributed by atoms with van der Waals surface area (Å²) in [6, 6.07) is 5.09. The van der Waals surface area contributed by atoms with E-state index in [-0.39, 0.29) is 5.82 Å².